The molecule has 0 atom stereocenters. The van der Waals surface area contributed by atoms with Crippen LogP contribution in [0.3, 0.4) is 0 Å². The maximum Gasteiger partial charge on any atom is 0.332 e. The number of hydrogen-bond acceptors (Lipinski definition) is 8. The highest BCUT2D eigenvalue weighted by atomic mass is 16.6. The number of nitro groups is 1. The van der Waals surface area contributed by atoms with Gasteiger partial charge in [0.15, 0.2) is 0 Å². The van der Waals surface area contributed by atoms with Crippen LogP contribution in [0.5, 0.6) is 0 Å². The standard InChI is InChI=1S/C12H16N6O3/c1-4-13-12-15-8(3)10(18(19)20)11(16-12)14-6-9-5-7(2)21-17-9/h5H,4,6H2,1-3H3,(H2,13,14,15,16). The predicted molar refractivity (Wildman–Crippen MR) is 76.2 cm³/mol. The van der Waals surface area contributed by atoms with Crippen LogP contribution in [-0.2, 0) is 6.54 Å². The third kappa shape index (κ3) is 3.44. The van der Waals surface area contributed by atoms with Crippen molar-refractivity contribution in [2.45, 2.75) is 27.3 Å². The summed E-state index contributed by atoms with van der Waals surface area (Å²) in [5.74, 6) is 1.18. The van der Waals surface area contributed by atoms with E-state index in [1.54, 1.807) is 19.9 Å². The van der Waals surface area contributed by atoms with E-state index in [0.717, 1.165) is 0 Å². The van der Waals surface area contributed by atoms with Gasteiger partial charge in [0.2, 0.25) is 11.8 Å². The van der Waals surface area contributed by atoms with Gasteiger partial charge in [-0.2, -0.15) is 4.98 Å². The van der Waals surface area contributed by atoms with E-state index in [-0.39, 0.29) is 18.1 Å². The Morgan fingerprint density at radius 2 is 2.10 bits per heavy atom. The molecule has 9 heteroatoms. The molecular weight excluding hydrogens is 276 g/mol. The van der Waals surface area contributed by atoms with Crippen molar-refractivity contribution >= 4 is 17.5 Å². The summed E-state index contributed by atoms with van der Waals surface area (Å²) in [6.45, 7) is 6.15. The molecule has 2 aromatic rings. The molecule has 0 unspecified atom stereocenters. The van der Waals surface area contributed by atoms with Crippen molar-refractivity contribution in [3.05, 3.63) is 33.3 Å². The first-order chi connectivity index (χ1) is 10.0. The average Bonchev–Trinajstić information content (AvgIpc) is 2.81. The van der Waals surface area contributed by atoms with Crippen LogP contribution in [0, 0.1) is 24.0 Å². The number of aromatic nitrogens is 3. The Hall–Kier alpha value is -2.71. The maximum absolute atomic E-state index is 11.2. The molecule has 2 rings (SSSR count). The molecule has 0 aliphatic heterocycles. The second-order valence-electron chi connectivity index (χ2n) is 4.40. The second kappa shape index (κ2) is 6.16. The van der Waals surface area contributed by atoms with E-state index in [9.17, 15) is 10.1 Å². The summed E-state index contributed by atoms with van der Waals surface area (Å²) in [6, 6.07) is 1.75. The minimum absolute atomic E-state index is 0.142. The summed E-state index contributed by atoms with van der Waals surface area (Å²) in [5, 5.41) is 20.8. The maximum atomic E-state index is 11.2. The lowest BCUT2D eigenvalue weighted by atomic mass is 10.3. The molecule has 0 aromatic carbocycles. The zero-order valence-electron chi connectivity index (χ0n) is 12.0. The molecule has 2 heterocycles. The molecule has 0 saturated carbocycles. The van der Waals surface area contributed by atoms with Crippen LogP contribution in [-0.4, -0.2) is 26.6 Å². The van der Waals surface area contributed by atoms with E-state index in [2.05, 4.69) is 25.8 Å². The second-order valence-corrected chi connectivity index (χ2v) is 4.40. The third-order valence-electron chi connectivity index (χ3n) is 2.69. The summed E-state index contributed by atoms with van der Waals surface area (Å²) >= 11 is 0. The number of rotatable bonds is 6. The lowest BCUT2D eigenvalue weighted by molar-refractivity contribution is -0.385. The van der Waals surface area contributed by atoms with Gasteiger partial charge in [-0.1, -0.05) is 5.16 Å². The zero-order valence-corrected chi connectivity index (χ0v) is 12.0. The summed E-state index contributed by atoms with van der Waals surface area (Å²) in [4.78, 5) is 18.9. The van der Waals surface area contributed by atoms with Crippen molar-refractivity contribution in [1.82, 2.24) is 15.1 Å². The van der Waals surface area contributed by atoms with E-state index in [4.69, 9.17) is 4.52 Å². The van der Waals surface area contributed by atoms with Gasteiger partial charge >= 0.3 is 5.69 Å². The summed E-state index contributed by atoms with van der Waals surface area (Å²) in [7, 11) is 0. The molecule has 0 amide bonds. The van der Waals surface area contributed by atoms with Gasteiger partial charge in [-0.15, -0.1) is 0 Å². The Bertz CT molecular complexity index is 654. The molecule has 0 saturated heterocycles. The highest BCUT2D eigenvalue weighted by molar-refractivity contribution is 5.60. The molecule has 0 aliphatic rings. The molecule has 0 bridgehead atoms. The molecule has 112 valence electrons. The normalized spacial score (nSPS) is 10.4. The number of aryl methyl sites for hydroxylation is 2. The lowest BCUT2D eigenvalue weighted by Crippen LogP contribution is -2.11. The monoisotopic (exact) mass is 292 g/mol. The van der Waals surface area contributed by atoms with E-state index in [0.29, 0.717) is 29.6 Å². The predicted octanol–water partition coefficient (Wildman–Crippen LogP) is 2.03. The minimum atomic E-state index is -0.499. The largest absolute Gasteiger partial charge is 0.361 e. The van der Waals surface area contributed by atoms with Crippen molar-refractivity contribution in [3.8, 4) is 0 Å². The van der Waals surface area contributed by atoms with Crippen molar-refractivity contribution in [1.29, 1.82) is 0 Å². The van der Waals surface area contributed by atoms with Gasteiger partial charge in [-0.05, 0) is 20.8 Å². The molecule has 2 N–H and O–H groups in total. The number of hydrogen-bond donors (Lipinski definition) is 2. The van der Waals surface area contributed by atoms with E-state index >= 15 is 0 Å². The van der Waals surface area contributed by atoms with Gasteiger partial charge < -0.3 is 15.2 Å². The third-order valence-corrected chi connectivity index (χ3v) is 2.69. The summed E-state index contributed by atoms with van der Waals surface area (Å²) in [5.41, 5.74) is 0.796. The molecule has 2 aromatic heterocycles. The van der Waals surface area contributed by atoms with E-state index < -0.39 is 4.92 Å². The fourth-order valence-corrected chi connectivity index (χ4v) is 1.82. The number of nitrogens with one attached hydrogen (secondary N) is 2. The molecule has 0 radical (unpaired) electrons. The van der Waals surface area contributed by atoms with Gasteiger partial charge in [0.1, 0.15) is 17.1 Å². The Morgan fingerprint density at radius 1 is 1.33 bits per heavy atom. The first kappa shape index (κ1) is 14.7. The van der Waals surface area contributed by atoms with Crippen molar-refractivity contribution < 1.29 is 9.45 Å². The van der Waals surface area contributed by atoms with Crippen LogP contribution in [0.15, 0.2) is 10.6 Å². The van der Waals surface area contributed by atoms with Crippen molar-refractivity contribution in [3.63, 3.8) is 0 Å². The lowest BCUT2D eigenvalue weighted by Gasteiger charge is -2.09. The average molecular weight is 292 g/mol. The fourth-order valence-electron chi connectivity index (χ4n) is 1.82. The quantitative estimate of drug-likeness (QED) is 0.613. The minimum Gasteiger partial charge on any atom is -0.361 e. The van der Waals surface area contributed by atoms with Gasteiger partial charge in [0.25, 0.3) is 0 Å². The Morgan fingerprint density at radius 3 is 2.67 bits per heavy atom. The van der Waals surface area contributed by atoms with Crippen LogP contribution in [0.25, 0.3) is 0 Å². The van der Waals surface area contributed by atoms with Crippen molar-refractivity contribution in [2.24, 2.45) is 0 Å². The van der Waals surface area contributed by atoms with Gasteiger partial charge in [0.05, 0.1) is 11.5 Å². The van der Waals surface area contributed by atoms with Gasteiger partial charge in [0, 0.05) is 12.6 Å². The van der Waals surface area contributed by atoms with Crippen LogP contribution in [0.2, 0.25) is 0 Å². The highest BCUT2D eigenvalue weighted by Crippen LogP contribution is 2.26. The Labute approximate surface area is 120 Å². The smallest absolute Gasteiger partial charge is 0.332 e. The SMILES string of the molecule is CCNc1nc(C)c([N+](=O)[O-])c(NCc2cc(C)on2)n1. The first-order valence-corrected chi connectivity index (χ1v) is 6.44. The summed E-state index contributed by atoms with van der Waals surface area (Å²) in [6.07, 6.45) is 0. The number of anilines is 2. The van der Waals surface area contributed by atoms with Crippen LogP contribution >= 0.6 is 0 Å². The van der Waals surface area contributed by atoms with Crippen LogP contribution < -0.4 is 10.6 Å². The van der Waals surface area contributed by atoms with Gasteiger partial charge in [-0.3, -0.25) is 10.1 Å². The van der Waals surface area contributed by atoms with Crippen LogP contribution in [0.4, 0.5) is 17.5 Å². The van der Waals surface area contributed by atoms with E-state index in [1.807, 2.05) is 6.92 Å². The number of nitrogens with zero attached hydrogens (tertiary/aromatic N) is 4. The molecule has 0 spiro atoms. The molecule has 0 aliphatic carbocycles. The van der Waals surface area contributed by atoms with E-state index in [1.165, 1.54) is 0 Å². The first-order valence-electron chi connectivity index (χ1n) is 6.44. The molecule has 9 nitrogen and oxygen atoms in total. The fraction of sp³-hybridized carbons (Fsp3) is 0.417. The Kier molecular flexibility index (Phi) is 4.31. The summed E-state index contributed by atoms with van der Waals surface area (Å²) < 4.78 is 4.95. The molecule has 21 heavy (non-hydrogen) atoms. The zero-order chi connectivity index (χ0) is 15.4. The highest BCUT2D eigenvalue weighted by Gasteiger charge is 2.22. The Balaban J connectivity index is 2.28. The van der Waals surface area contributed by atoms with Crippen molar-refractivity contribution in [2.75, 3.05) is 17.2 Å². The molecular formula is C12H16N6O3. The van der Waals surface area contributed by atoms with Crippen LogP contribution in [0.1, 0.15) is 24.1 Å². The topological polar surface area (TPSA) is 119 Å². The molecule has 0 fully saturated rings. The van der Waals surface area contributed by atoms with Gasteiger partial charge in [-0.25, -0.2) is 4.98 Å².